The second-order valence-electron chi connectivity index (χ2n) is 3.26. The fourth-order valence-corrected chi connectivity index (χ4v) is 1.15. The molecule has 0 aromatic rings. The lowest BCUT2D eigenvalue weighted by molar-refractivity contribution is 0.379. The van der Waals surface area contributed by atoms with Crippen molar-refractivity contribution in [1.29, 1.82) is 0 Å². The van der Waals surface area contributed by atoms with Crippen LogP contribution in [-0.4, -0.2) is 0 Å². The summed E-state index contributed by atoms with van der Waals surface area (Å²) in [6.45, 7) is 4.59. The predicted octanol–water partition coefficient (Wildman–Crippen LogP) is 2.61. The summed E-state index contributed by atoms with van der Waals surface area (Å²) in [7, 11) is 0. The summed E-state index contributed by atoms with van der Waals surface area (Å²) in [6, 6.07) is 0. The molecule has 1 aliphatic rings. The van der Waals surface area contributed by atoms with E-state index in [1.165, 1.54) is 19.3 Å². The zero-order valence-electron chi connectivity index (χ0n) is 5.78. The van der Waals surface area contributed by atoms with Crippen molar-refractivity contribution in [3.05, 3.63) is 12.8 Å². The van der Waals surface area contributed by atoms with Crippen molar-refractivity contribution in [2.24, 2.45) is 5.41 Å². The molecule has 46 valence electrons. The van der Waals surface area contributed by atoms with Gasteiger partial charge in [0.05, 0.1) is 0 Å². The van der Waals surface area contributed by atoms with E-state index in [9.17, 15) is 0 Å². The highest BCUT2D eigenvalue weighted by molar-refractivity contribution is 4.94. The first kappa shape index (κ1) is 6.12. The summed E-state index contributed by atoms with van der Waals surface area (Å²) in [5.74, 6) is 0. The Labute approximate surface area is 52.3 Å². The van der Waals surface area contributed by atoms with Crippen LogP contribution in [0.25, 0.3) is 0 Å². The summed E-state index contributed by atoms with van der Waals surface area (Å²) in [5.41, 5.74) is 0.498. The van der Waals surface area contributed by atoms with Gasteiger partial charge in [0.2, 0.25) is 0 Å². The molecule has 0 bridgehead atoms. The molecule has 1 rings (SSSR count). The molecule has 0 atom stereocenters. The Morgan fingerprint density at radius 3 is 2.25 bits per heavy atom. The fraction of sp³-hybridized carbons (Fsp3) is 0.750. The lowest BCUT2D eigenvalue weighted by Crippen LogP contribution is -2.15. The SMILES string of the molecule is CC1(C)[CH]CC[CH]C1. The Hall–Kier alpha value is 0. The van der Waals surface area contributed by atoms with Crippen LogP contribution in [0.4, 0.5) is 0 Å². The molecule has 0 aromatic heterocycles. The summed E-state index contributed by atoms with van der Waals surface area (Å²) in [4.78, 5) is 0. The molecule has 0 unspecified atom stereocenters. The van der Waals surface area contributed by atoms with Gasteiger partial charge in [-0.25, -0.2) is 0 Å². The lowest BCUT2D eigenvalue weighted by atomic mass is 9.78. The zero-order valence-corrected chi connectivity index (χ0v) is 5.78. The molecule has 0 spiro atoms. The Balaban J connectivity index is 2.33. The van der Waals surface area contributed by atoms with Crippen LogP contribution in [0, 0.1) is 18.3 Å². The molecular formula is C8H14. The van der Waals surface area contributed by atoms with Crippen LogP contribution in [0.1, 0.15) is 33.1 Å². The van der Waals surface area contributed by atoms with E-state index in [0.717, 1.165) is 0 Å². The van der Waals surface area contributed by atoms with Gasteiger partial charge in [-0.2, -0.15) is 0 Å². The molecule has 0 N–H and O–H groups in total. The van der Waals surface area contributed by atoms with Crippen molar-refractivity contribution in [3.63, 3.8) is 0 Å². The smallest absolute Gasteiger partial charge is 0.0320 e. The second kappa shape index (κ2) is 2.08. The Morgan fingerprint density at radius 1 is 1.25 bits per heavy atom. The Bertz CT molecular complexity index is 64.1. The van der Waals surface area contributed by atoms with Gasteiger partial charge < -0.3 is 0 Å². The summed E-state index contributed by atoms with van der Waals surface area (Å²) in [5, 5.41) is 0. The van der Waals surface area contributed by atoms with Crippen molar-refractivity contribution >= 4 is 0 Å². The third-order valence-corrected chi connectivity index (χ3v) is 1.74. The quantitative estimate of drug-likeness (QED) is 0.449. The average Bonchev–Trinajstić information content (AvgIpc) is 1.65. The largest absolute Gasteiger partial charge is 0.0596 e. The molecule has 1 fully saturated rings. The van der Waals surface area contributed by atoms with Crippen LogP contribution < -0.4 is 0 Å². The van der Waals surface area contributed by atoms with E-state index in [1.807, 2.05) is 0 Å². The van der Waals surface area contributed by atoms with Gasteiger partial charge >= 0.3 is 0 Å². The van der Waals surface area contributed by atoms with Gasteiger partial charge in [-0.3, -0.25) is 0 Å². The highest BCUT2D eigenvalue weighted by Crippen LogP contribution is 2.32. The van der Waals surface area contributed by atoms with E-state index in [4.69, 9.17) is 0 Å². The highest BCUT2D eigenvalue weighted by Gasteiger charge is 2.20. The zero-order chi connectivity index (χ0) is 6.04. The first-order valence-corrected chi connectivity index (χ1v) is 3.37. The molecular weight excluding hydrogens is 96.1 g/mol. The molecule has 0 aromatic carbocycles. The molecule has 0 heteroatoms. The van der Waals surface area contributed by atoms with Crippen molar-refractivity contribution in [2.75, 3.05) is 0 Å². The van der Waals surface area contributed by atoms with E-state index in [0.29, 0.717) is 5.41 Å². The minimum Gasteiger partial charge on any atom is -0.0596 e. The third-order valence-electron chi connectivity index (χ3n) is 1.74. The monoisotopic (exact) mass is 110 g/mol. The molecule has 0 saturated heterocycles. The van der Waals surface area contributed by atoms with Gasteiger partial charge in [0.25, 0.3) is 0 Å². The molecule has 0 nitrogen and oxygen atoms in total. The van der Waals surface area contributed by atoms with E-state index >= 15 is 0 Å². The van der Waals surface area contributed by atoms with Crippen LogP contribution in [0.2, 0.25) is 0 Å². The van der Waals surface area contributed by atoms with Gasteiger partial charge in [-0.15, -0.1) is 0 Å². The van der Waals surface area contributed by atoms with Gasteiger partial charge in [-0.05, 0) is 37.5 Å². The number of rotatable bonds is 0. The van der Waals surface area contributed by atoms with Crippen LogP contribution >= 0.6 is 0 Å². The highest BCUT2D eigenvalue weighted by atomic mass is 14.3. The molecule has 0 heterocycles. The van der Waals surface area contributed by atoms with Crippen molar-refractivity contribution in [1.82, 2.24) is 0 Å². The van der Waals surface area contributed by atoms with Crippen molar-refractivity contribution in [2.45, 2.75) is 33.1 Å². The summed E-state index contributed by atoms with van der Waals surface area (Å²) >= 11 is 0. The van der Waals surface area contributed by atoms with Gasteiger partial charge in [0.15, 0.2) is 0 Å². The van der Waals surface area contributed by atoms with E-state index in [-0.39, 0.29) is 0 Å². The average molecular weight is 110 g/mol. The maximum Gasteiger partial charge on any atom is -0.0320 e. The van der Waals surface area contributed by atoms with Gasteiger partial charge in [-0.1, -0.05) is 13.8 Å². The maximum absolute atomic E-state index is 2.42. The number of hydrogen-bond donors (Lipinski definition) is 0. The molecule has 1 aliphatic carbocycles. The van der Waals surface area contributed by atoms with Crippen LogP contribution in [0.3, 0.4) is 0 Å². The van der Waals surface area contributed by atoms with Crippen LogP contribution in [0.5, 0.6) is 0 Å². The standard InChI is InChI=1S/C8H14/c1-8(2)6-4-3-5-7-8/h4,7H,3,5-6H2,1-2H3. The Morgan fingerprint density at radius 2 is 2.00 bits per heavy atom. The predicted molar refractivity (Wildman–Crippen MR) is 36.2 cm³/mol. The van der Waals surface area contributed by atoms with Gasteiger partial charge in [0, 0.05) is 0 Å². The van der Waals surface area contributed by atoms with Crippen molar-refractivity contribution < 1.29 is 0 Å². The van der Waals surface area contributed by atoms with Gasteiger partial charge in [0.1, 0.15) is 0 Å². The molecule has 2 radical (unpaired) electrons. The number of hydrogen-bond acceptors (Lipinski definition) is 0. The first-order chi connectivity index (χ1) is 3.71. The third kappa shape index (κ3) is 1.50. The molecule has 8 heavy (non-hydrogen) atoms. The summed E-state index contributed by atoms with van der Waals surface area (Å²) < 4.78 is 0. The fourth-order valence-electron chi connectivity index (χ4n) is 1.15. The van der Waals surface area contributed by atoms with Crippen LogP contribution in [0.15, 0.2) is 0 Å². The minimum atomic E-state index is 0.498. The Kier molecular flexibility index (Phi) is 1.59. The summed E-state index contributed by atoms with van der Waals surface area (Å²) in [6.07, 6.45) is 8.66. The topological polar surface area (TPSA) is 0 Å². The first-order valence-electron chi connectivity index (χ1n) is 3.37. The van der Waals surface area contributed by atoms with E-state index in [1.54, 1.807) is 0 Å². The van der Waals surface area contributed by atoms with Crippen molar-refractivity contribution in [3.8, 4) is 0 Å². The van der Waals surface area contributed by atoms with E-state index < -0.39 is 0 Å². The normalized spacial score (nSPS) is 27.8. The van der Waals surface area contributed by atoms with Crippen LogP contribution in [-0.2, 0) is 0 Å². The molecule has 1 saturated carbocycles. The minimum absolute atomic E-state index is 0.498. The second-order valence-corrected chi connectivity index (χ2v) is 3.26. The molecule has 0 amide bonds. The molecule has 0 aliphatic heterocycles. The van der Waals surface area contributed by atoms with E-state index in [2.05, 4.69) is 26.7 Å². The lowest BCUT2D eigenvalue weighted by Gasteiger charge is -2.28. The maximum atomic E-state index is 2.42.